The summed E-state index contributed by atoms with van der Waals surface area (Å²) >= 11 is 7.20. The quantitative estimate of drug-likeness (QED) is 0.727. The third-order valence-electron chi connectivity index (χ3n) is 3.22. The number of nitriles is 1. The molecule has 8 heteroatoms. The molecule has 0 aliphatic carbocycles. The predicted molar refractivity (Wildman–Crippen MR) is 85.9 cm³/mol. The van der Waals surface area contributed by atoms with E-state index in [1.54, 1.807) is 30.3 Å². The molecule has 0 unspecified atom stereocenters. The summed E-state index contributed by atoms with van der Waals surface area (Å²) in [6, 6.07) is 11.5. The molecule has 0 aliphatic rings. The van der Waals surface area contributed by atoms with E-state index in [1.165, 1.54) is 22.0 Å². The lowest BCUT2D eigenvalue weighted by Gasteiger charge is -2.05. The Bertz CT molecular complexity index is 953. The number of nitrogens with zero attached hydrogens (tertiary/aromatic N) is 4. The highest BCUT2D eigenvalue weighted by atomic mass is 35.5. The molecule has 3 rings (SSSR count). The number of aromatic nitrogens is 3. The van der Waals surface area contributed by atoms with E-state index in [9.17, 15) is 9.18 Å². The highest BCUT2D eigenvalue weighted by Crippen LogP contribution is 2.29. The van der Waals surface area contributed by atoms with Crippen LogP contribution >= 0.6 is 22.9 Å². The lowest BCUT2D eigenvalue weighted by molar-refractivity contribution is 0.592. The van der Waals surface area contributed by atoms with Crippen LogP contribution < -0.4 is 5.69 Å². The Hall–Kier alpha value is -2.43. The Morgan fingerprint density at radius 3 is 2.74 bits per heavy atom. The van der Waals surface area contributed by atoms with Crippen LogP contribution in [0, 0.1) is 17.1 Å². The fourth-order valence-corrected chi connectivity index (χ4v) is 3.20. The van der Waals surface area contributed by atoms with Crippen LogP contribution in [0.1, 0.15) is 5.56 Å². The van der Waals surface area contributed by atoms with Crippen molar-refractivity contribution in [1.82, 2.24) is 14.3 Å². The summed E-state index contributed by atoms with van der Waals surface area (Å²) in [6.07, 6.45) is 0. The third-order valence-corrected chi connectivity index (χ3v) is 4.45. The number of hydrogen-bond acceptors (Lipinski definition) is 4. The van der Waals surface area contributed by atoms with Gasteiger partial charge >= 0.3 is 5.69 Å². The van der Waals surface area contributed by atoms with Crippen LogP contribution in [0.2, 0.25) is 4.34 Å². The fraction of sp³-hybridized carbons (Fsp3) is 0.133. The summed E-state index contributed by atoms with van der Waals surface area (Å²) < 4.78 is 16.8. The molecule has 0 bridgehead atoms. The van der Waals surface area contributed by atoms with Gasteiger partial charge in [0, 0.05) is 5.56 Å². The minimum atomic E-state index is -0.464. The van der Waals surface area contributed by atoms with E-state index in [-0.39, 0.29) is 13.1 Å². The summed E-state index contributed by atoms with van der Waals surface area (Å²) in [4.78, 5) is 13.1. The van der Waals surface area contributed by atoms with Crippen LogP contribution in [0.15, 0.2) is 41.2 Å². The second kappa shape index (κ2) is 6.36. The lowest BCUT2D eigenvalue weighted by Crippen LogP contribution is -2.25. The average molecular weight is 349 g/mol. The molecular formula is C15H10ClFN4OS. The molecule has 0 N–H and O–H groups in total. The van der Waals surface area contributed by atoms with Crippen molar-refractivity contribution in [3.8, 4) is 16.8 Å². The molecule has 0 atom stereocenters. The van der Waals surface area contributed by atoms with E-state index in [1.807, 2.05) is 6.07 Å². The summed E-state index contributed by atoms with van der Waals surface area (Å²) in [5, 5.41) is 13.0. The predicted octanol–water partition coefficient (Wildman–Crippen LogP) is 3.14. The van der Waals surface area contributed by atoms with Gasteiger partial charge in [0.15, 0.2) is 5.82 Å². The van der Waals surface area contributed by atoms with E-state index in [0.717, 1.165) is 4.68 Å². The van der Waals surface area contributed by atoms with Gasteiger partial charge in [-0.3, -0.25) is 4.57 Å². The first-order valence-electron chi connectivity index (χ1n) is 6.64. The molecular weight excluding hydrogens is 339 g/mol. The maximum atomic E-state index is 13.9. The van der Waals surface area contributed by atoms with Crippen LogP contribution in [0.25, 0.3) is 10.7 Å². The number of hydrogen-bond donors (Lipinski definition) is 0. The van der Waals surface area contributed by atoms with Crippen molar-refractivity contribution in [2.75, 3.05) is 0 Å². The maximum Gasteiger partial charge on any atom is 0.347 e. The molecule has 1 aromatic carbocycles. The Balaban J connectivity index is 2.12. The molecule has 116 valence electrons. The Morgan fingerprint density at radius 1 is 1.30 bits per heavy atom. The minimum Gasteiger partial charge on any atom is -0.270 e. The van der Waals surface area contributed by atoms with Gasteiger partial charge < -0.3 is 0 Å². The number of thiophene rings is 1. The first-order valence-corrected chi connectivity index (χ1v) is 7.83. The van der Waals surface area contributed by atoms with E-state index < -0.39 is 11.5 Å². The Labute approximate surface area is 139 Å². The molecule has 23 heavy (non-hydrogen) atoms. The van der Waals surface area contributed by atoms with E-state index in [2.05, 4.69) is 5.10 Å². The van der Waals surface area contributed by atoms with Gasteiger partial charge in [0.25, 0.3) is 0 Å². The molecule has 0 spiro atoms. The van der Waals surface area contributed by atoms with Gasteiger partial charge in [-0.2, -0.15) is 9.94 Å². The van der Waals surface area contributed by atoms with Crippen molar-refractivity contribution in [1.29, 1.82) is 5.26 Å². The lowest BCUT2D eigenvalue weighted by atomic mass is 10.2. The van der Waals surface area contributed by atoms with Gasteiger partial charge in [-0.1, -0.05) is 29.8 Å². The van der Waals surface area contributed by atoms with Crippen molar-refractivity contribution in [3.05, 3.63) is 62.6 Å². The normalized spacial score (nSPS) is 10.7. The second-order valence-electron chi connectivity index (χ2n) is 4.70. The summed E-state index contributed by atoms with van der Waals surface area (Å²) in [7, 11) is 0. The summed E-state index contributed by atoms with van der Waals surface area (Å²) in [5.74, 6) is -0.0343. The molecule has 5 nitrogen and oxygen atoms in total. The first kappa shape index (κ1) is 15.5. The van der Waals surface area contributed by atoms with Gasteiger partial charge in [-0.15, -0.1) is 16.4 Å². The largest absolute Gasteiger partial charge is 0.347 e. The molecule has 0 radical (unpaired) electrons. The number of rotatable bonds is 4. The second-order valence-corrected chi connectivity index (χ2v) is 6.42. The molecule has 0 fully saturated rings. The van der Waals surface area contributed by atoms with Crippen LogP contribution in [0.5, 0.6) is 0 Å². The monoisotopic (exact) mass is 348 g/mol. The number of halogens is 2. The SMILES string of the molecule is N#CCn1nc(-c2ccc(Cl)s2)n(Cc2ccccc2F)c1=O. The Kier molecular flexibility index (Phi) is 4.28. The van der Waals surface area contributed by atoms with Crippen molar-refractivity contribution < 1.29 is 4.39 Å². The van der Waals surface area contributed by atoms with Crippen molar-refractivity contribution in [2.24, 2.45) is 0 Å². The number of benzene rings is 1. The standard InChI is InChI=1S/C15H10ClFN4OS/c16-13-6-5-12(23-13)14-19-21(8-7-18)15(22)20(14)9-10-3-1-2-4-11(10)17/h1-6H,8-9H2. The van der Waals surface area contributed by atoms with Crippen molar-refractivity contribution in [2.45, 2.75) is 13.1 Å². The molecule has 0 saturated heterocycles. The van der Waals surface area contributed by atoms with Crippen LogP contribution in [0.3, 0.4) is 0 Å². The van der Waals surface area contributed by atoms with Crippen molar-refractivity contribution in [3.63, 3.8) is 0 Å². The van der Waals surface area contributed by atoms with Gasteiger partial charge in [-0.25, -0.2) is 9.18 Å². The molecule has 2 heterocycles. The van der Waals surface area contributed by atoms with Gasteiger partial charge in [0.2, 0.25) is 0 Å². The molecule has 2 aromatic heterocycles. The smallest absolute Gasteiger partial charge is 0.270 e. The van der Waals surface area contributed by atoms with Gasteiger partial charge in [-0.05, 0) is 18.2 Å². The zero-order valence-electron chi connectivity index (χ0n) is 11.7. The van der Waals surface area contributed by atoms with Crippen LogP contribution in [0.4, 0.5) is 4.39 Å². The zero-order valence-corrected chi connectivity index (χ0v) is 13.3. The first-order chi connectivity index (χ1) is 11.1. The molecule has 0 saturated carbocycles. The molecule has 0 aliphatic heterocycles. The van der Waals surface area contributed by atoms with Crippen LogP contribution in [-0.2, 0) is 13.1 Å². The van der Waals surface area contributed by atoms with E-state index in [4.69, 9.17) is 16.9 Å². The average Bonchev–Trinajstić information content (AvgIpc) is 3.08. The minimum absolute atomic E-state index is 0.0296. The summed E-state index contributed by atoms with van der Waals surface area (Å²) in [6.45, 7) is -0.142. The van der Waals surface area contributed by atoms with Gasteiger partial charge in [0.05, 0.1) is 21.8 Å². The van der Waals surface area contributed by atoms with E-state index in [0.29, 0.717) is 20.6 Å². The highest BCUT2D eigenvalue weighted by Gasteiger charge is 2.17. The van der Waals surface area contributed by atoms with Gasteiger partial charge in [0.1, 0.15) is 12.4 Å². The maximum absolute atomic E-state index is 13.9. The summed E-state index contributed by atoms with van der Waals surface area (Å²) in [5.41, 5.74) is -0.0932. The van der Waals surface area contributed by atoms with Crippen molar-refractivity contribution >= 4 is 22.9 Å². The zero-order chi connectivity index (χ0) is 16.4. The molecule has 3 aromatic rings. The molecule has 0 amide bonds. The topological polar surface area (TPSA) is 63.6 Å². The third kappa shape index (κ3) is 3.04. The van der Waals surface area contributed by atoms with Crippen LogP contribution in [-0.4, -0.2) is 14.3 Å². The fourth-order valence-electron chi connectivity index (χ4n) is 2.17. The van der Waals surface area contributed by atoms with E-state index >= 15 is 0 Å². The Morgan fingerprint density at radius 2 is 2.09 bits per heavy atom. The highest BCUT2D eigenvalue weighted by molar-refractivity contribution is 7.19.